The number of hydrogen-bond acceptors (Lipinski definition) is 3. The summed E-state index contributed by atoms with van der Waals surface area (Å²) in [7, 11) is -3.91. The van der Waals surface area contributed by atoms with Gasteiger partial charge >= 0.3 is 0 Å². The first-order valence-electron chi connectivity index (χ1n) is 6.72. The lowest BCUT2D eigenvalue weighted by Crippen LogP contribution is -1.98. The Bertz CT molecular complexity index is 217. The van der Waals surface area contributed by atoms with Gasteiger partial charge in [0.1, 0.15) is 0 Å². The largest absolute Gasteiger partial charge is 0.748 e. The van der Waals surface area contributed by atoms with Crippen LogP contribution in [0.3, 0.4) is 0 Å². The zero-order valence-corrected chi connectivity index (χ0v) is 13.6. The van der Waals surface area contributed by atoms with Crippen LogP contribution < -0.4 is 0 Å². The van der Waals surface area contributed by atoms with E-state index in [2.05, 4.69) is 26.1 Å². The molecule has 0 aromatic rings. The Kier molecular flexibility index (Phi) is 21.6. The second kappa shape index (κ2) is 16.9. The Labute approximate surface area is 114 Å². The minimum Gasteiger partial charge on any atom is -0.748 e. The molecule has 0 fully saturated rings. The summed E-state index contributed by atoms with van der Waals surface area (Å²) in [4.78, 5) is 0. The fourth-order valence-corrected chi connectivity index (χ4v) is 0.974. The van der Waals surface area contributed by atoms with Crippen molar-refractivity contribution in [1.82, 2.24) is 0 Å². The molecule has 0 atom stereocenters. The number of hydrogen-bond donors (Lipinski definition) is 0. The maximum Gasteiger partial charge on any atom is 0.0943 e. The van der Waals surface area contributed by atoms with Crippen LogP contribution in [0.25, 0.3) is 5.32 Å². The molecule has 0 aromatic heterocycles. The molecule has 0 aliphatic heterocycles. The standard InChI is InChI=1S/C7H15.C4H10N.C2H6O3S/c1-4-7(5-2)6-3;1-3-5-4-2;1-2-6(3,4)5/h4-6H2,1-3H3;3-4H2,1-2H3;2H2,1H3,(H,3,4,5)/q2*-1;/p-1. The third-order valence-electron chi connectivity index (χ3n) is 2.30. The van der Waals surface area contributed by atoms with E-state index in [1.807, 2.05) is 13.8 Å². The van der Waals surface area contributed by atoms with E-state index in [9.17, 15) is 13.0 Å². The topological polar surface area (TPSA) is 71.3 Å². The first kappa shape index (κ1) is 23.0. The van der Waals surface area contributed by atoms with Crippen LogP contribution in [0.1, 0.15) is 60.8 Å². The number of rotatable bonds is 6. The van der Waals surface area contributed by atoms with E-state index >= 15 is 0 Å². The molecule has 18 heavy (non-hydrogen) atoms. The SMILES string of the molecule is CCS(=O)(=O)[O-].CC[C-](CC)CC.CC[N-]CC. The van der Waals surface area contributed by atoms with Gasteiger partial charge in [0.2, 0.25) is 0 Å². The van der Waals surface area contributed by atoms with Gasteiger partial charge in [-0.15, -0.1) is 0 Å². The van der Waals surface area contributed by atoms with Gasteiger partial charge in [0.15, 0.2) is 0 Å². The molecule has 0 N–H and O–H groups in total. The quantitative estimate of drug-likeness (QED) is 0.549. The van der Waals surface area contributed by atoms with E-state index in [1.54, 1.807) is 5.92 Å². The van der Waals surface area contributed by atoms with Crippen molar-refractivity contribution in [1.29, 1.82) is 0 Å². The van der Waals surface area contributed by atoms with Crippen LogP contribution in [0.5, 0.6) is 0 Å². The first-order chi connectivity index (χ1) is 8.32. The van der Waals surface area contributed by atoms with E-state index in [4.69, 9.17) is 0 Å². The van der Waals surface area contributed by atoms with Gasteiger partial charge in [0.05, 0.1) is 10.1 Å². The molecule has 0 unspecified atom stereocenters. The van der Waals surface area contributed by atoms with Gasteiger partial charge < -0.3 is 15.8 Å². The molecule has 0 aliphatic carbocycles. The van der Waals surface area contributed by atoms with Crippen LogP contribution in [0.4, 0.5) is 0 Å². The molecular weight excluding hydrogens is 250 g/mol. The highest BCUT2D eigenvalue weighted by molar-refractivity contribution is 7.85. The van der Waals surface area contributed by atoms with Crippen LogP contribution in [0.2, 0.25) is 0 Å². The van der Waals surface area contributed by atoms with Crippen molar-refractivity contribution in [3.8, 4) is 0 Å². The highest BCUT2D eigenvalue weighted by atomic mass is 32.2. The molecule has 0 saturated carbocycles. The van der Waals surface area contributed by atoms with Gasteiger partial charge in [-0.05, 0) is 0 Å². The Morgan fingerprint density at radius 3 is 1.17 bits per heavy atom. The molecule has 5 heteroatoms. The molecule has 0 saturated heterocycles. The third-order valence-corrected chi connectivity index (χ3v) is 3.01. The second-order valence-electron chi connectivity index (χ2n) is 3.51. The second-order valence-corrected chi connectivity index (χ2v) is 5.21. The van der Waals surface area contributed by atoms with Gasteiger partial charge in [0.25, 0.3) is 0 Å². The monoisotopic (exact) mass is 280 g/mol. The zero-order valence-electron chi connectivity index (χ0n) is 12.8. The first-order valence-corrected chi connectivity index (χ1v) is 8.30. The van der Waals surface area contributed by atoms with Crippen LogP contribution in [0.15, 0.2) is 0 Å². The average molecular weight is 280 g/mol. The predicted octanol–water partition coefficient (Wildman–Crippen LogP) is 3.74. The molecule has 0 rings (SSSR count). The summed E-state index contributed by atoms with van der Waals surface area (Å²) in [5.74, 6) is 1.37. The molecule has 114 valence electrons. The molecule has 0 aromatic carbocycles. The molecule has 0 spiro atoms. The fraction of sp³-hybridized carbons (Fsp3) is 0.923. The van der Waals surface area contributed by atoms with Crippen molar-refractivity contribution < 1.29 is 13.0 Å². The summed E-state index contributed by atoms with van der Waals surface area (Å²) < 4.78 is 28.3. The van der Waals surface area contributed by atoms with Crippen LogP contribution >= 0.6 is 0 Å². The molecule has 4 nitrogen and oxygen atoms in total. The van der Waals surface area contributed by atoms with Crippen molar-refractivity contribution in [2.24, 2.45) is 0 Å². The maximum absolute atomic E-state index is 9.44. The summed E-state index contributed by atoms with van der Waals surface area (Å²) in [5, 5.41) is 3.97. The van der Waals surface area contributed by atoms with Crippen molar-refractivity contribution >= 4 is 10.1 Å². The number of nitrogens with zero attached hydrogens (tertiary/aromatic N) is 1. The summed E-state index contributed by atoms with van der Waals surface area (Å²) in [6.45, 7) is 14.0. The summed E-state index contributed by atoms with van der Waals surface area (Å²) in [6.07, 6.45) is 3.81. The normalized spacial score (nSPS) is 10.2. The summed E-state index contributed by atoms with van der Waals surface area (Å²) in [5.41, 5.74) is 0. The van der Waals surface area contributed by atoms with Crippen molar-refractivity contribution in [2.45, 2.75) is 60.8 Å². The van der Waals surface area contributed by atoms with Gasteiger partial charge in [-0.2, -0.15) is 32.4 Å². The van der Waals surface area contributed by atoms with E-state index in [-0.39, 0.29) is 5.75 Å². The van der Waals surface area contributed by atoms with Crippen molar-refractivity contribution in [3.63, 3.8) is 0 Å². The highest BCUT2D eigenvalue weighted by Crippen LogP contribution is 2.12. The van der Waals surface area contributed by atoms with E-state index in [0.717, 1.165) is 13.1 Å². The summed E-state index contributed by atoms with van der Waals surface area (Å²) >= 11 is 0. The predicted molar refractivity (Wildman–Crippen MR) is 78.8 cm³/mol. The fourth-order valence-electron chi connectivity index (χ4n) is 0.974. The molecule has 0 bridgehead atoms. The van der Waals surface area contributed by atoms with E-state index in [1.165, 1.54) is 26.2 Å². The Morgan fingerprint density at radius 1 is 0.889 bits per heavy atom. The van der Waals surface area contributed by atoms with E-state index in [0.29, 0.717) is 0 Å². The maximum atomic E-state index is 9.44. The third kappa shape index (κ3) is 29.7. The van der Waals surface area contributed by atoms with Crippen LogP contribution in [-0.4, -0.2) is 31.8 Å². The van der Waals surface area contributed by atoms with Crippen molar-refractivity contribution in [3.05, 3.63) is 11.2 Å². The smallest absolute Gasteiger partial charge is 0.0943 e. The van der Waals surface area contributed by atoms with Gasteiger partial charge in [-0.3, -0.25) is 0 Å². The van der Waals surface area contributed by atoms with Gasteiger partial charge in [-0.25, -0.2) is 8.42 Å². The molecular formula is C13H30NO3S-3. The van der Waals surface area contributed by atoms with E-state index < -0.39 is 10.1 Å². The average Bonchev–Trinajstić information content (AvgIpc) is 2.33. The van der Waals surface area contributed by atoms with Gasteiger partial charge in [0, 0.05) is 5.75 Å². The van der Waals surface area contributed by atoms with Crippen LogP contribution in [-0.2, 0) is 10.1 Å². The summed E-state index contributed by atoms with van der Waals surface area (Å²) in [6, 6.07) is 0. The highest BCUT2D eigenvalue weighted by Gasteiger charge is 1.80. The van der Waals surface area contributed by atoms with Gasteiger partial charge in [-0.1, -0.05) is 41.5 Å². The molecule has 0 radical (unpaired) electrons. The Balaban J connectivity index is -0.000000190. The molecule has 0 heterocycles. The minimum absolute atomic E-state index is 0.312. The molecule has 0 amide bonds. The zero-order chi connectivity index (χ0) is 15.0. The lowest BCUT2D eigenvalue weighted by molar-refractivity contribution is 0.464. The Hall–Kier alpha value is -0.130. The minimum atomic E-state index is -3.91. The lowest BCUT2D eigenvalue weighted by Gasteiger charge is -2.22. The lowest BCUT2D eigenvalue weighted by atomic mass is 10.0. The molecule has 0 aliphatic rings. The van der Waals surface area contributed by atoms with Crippen molar-refractivity contribution in [2.75, 3.05) is 18.8 Å². The van der Waals surface area contributed by atoms with Crippen LogP contribution in [0, 0.1) is 5.92 Å². The Morgan fingerprint density at radius 2 is 1.17 bits per heavy atom.